The number of nitrogens with two attached hydrogens (primary N) is 1. The van der Waals surface area contributed by atoms with Crippen molar-refractivity contribution in [3.05, 3.63) is 33.8 Å². The van der Waals surface area contributed by atoms with Crippen molar-refractivity contribution in [3.8, 4) is 0 Å². The third kappa shape index (κ3) is 2.97. The van der Waals surface area contributed by atoms with Crippen LogP contribution in [-0.4, -0.2) is 11.1 Å². The fourth-order valence-corrected chi connectivity index (χ4v) is 1.60. The Morgan fingerprint density at radius 2 is 1.93 bits per heavy atom. The van der Waals surface area contributed by atoms with Gasteiger partial charge in [-0.1, -0.05) is 15.9 Å². The van der Waals surface area contributed by atoms with E-state index in [0.29, 0.717) is 0 Å². The second kappa shape index (κ2) is 4.67. The van der Waals surface area contributed by atoms with Gasteiger partial charge in [0, 0.05) is 16.1 Å². The first-order chi connectivity index (χ1) is 6.91. The topological polar surface area (TPSA) is 63.3 Å². The van der Waals surface area contributed by atoms with Crippen LogP contribution in [0.1, 0.15) is 18.0 Å². The van der Waals surface area contributed by atoms with Gasteiger partial charge in [0.25, 0.3) is 0 Å². The predicted molar refractivity (Wildman–Crippen MR) is 53.2 cm³/mol. The SMILES string of the molecule is N[C@@H](CC(=O)O)c1c(F)cc(Br)cc1F. The zero-order chi connectivity index (χ0) is 11.6. The Balaban J connectivity index is 3.08. The van der Waals surface area contributed by atoms with Gasteiger partial charge in [0.15, 0.2) is 0 Å². The molecule has 3 N–H and O–H groups in total. The molecule has 1 aromatic rings. The minimum absolute atomic E-state index is 0.240. The van der Waals surface area contributed by atoms with E-state index in [1.165, 1.54) is 0 Å². The first-order valence-electron chi connectivity index (χ1n) is 4.03. The molecule has 0 amide bonds. The molecule has 0 aliphatic rings. The van der Waals surface area contributed by atoms with Crippen molar-refractivity contribution in [1.82, 2.24) is 0 Å². The lowest BCUT2D eigenvalue weighted by molar-refractivity contribution is -0.137. The molecule has 0 spiro atoms. The fourth-order valence-electron chi connectivity index (χ4n) is 1.20. The summed E-state index contributed by atoms with van der Waals surface area (Å²) >= 11 is 2.91. The van der Waals surface area contributed by atoms with Gasteiger partial charge in [0.2, 0.25) is 0 Å². The van der Waals surface area contributed by atoms with Crippen LogP contribution >= 0.6 is 15.9 Å². The molecule has 0 heterocycles. The lowest BCUT2D eigenvalue weighted by Crippen LogP contribution is -2.18. The van der Waals surface area contributed by atoms with Crippen LogP contribution in [0.15, 0.2) is 16.6 Å². The van der Waals surface area contributed by atoms with Gasteiger partial charge in [0.1, 0.15) is 11.6 Å². The zero-order valence-corrected chi connectivity index (χ0v) is 9.09. The summed E-state index contributed by atoms with van der Waals surface area (Å²) in [5, 5.41) is 8.45. The van der Waals surface area contributed by atoms with Crippen LogP contribution in [0.5, 0.6) is 0 Å². The van der Waals surface area contributed by atoms with Crippen LogP contribution < -0.4 is 5.73 Å². The van der Waals surface area contributed by atoms with Gasteiger partial charge in [-0.3, -0.25) is 4.79 Å². The average Bonchev–Trinajstić information content (AvgIpc) is 1.99. The molecule has 1 rings (SSSR count). The first-order valence-corrected chi connectivity index (χ1v) is 4.83. The Kier molecular flexibility index (Phi) is 3.76. The maximum Gasteiger partial charge on any atom is 0.305 e. The Labute approximate surface area is 93.0 Å². The summed E-state index contributed by atoms with van der Waals surface area (Å²) in [6, 6.07) is 0.899. The number of benzene rings is 1. The maximum atomic E-state index is 13.3. The molecule has 0 saturated heterocycles. The third-order valence-electron chi connectivity index (χ3n) is 1.81. The molecule has 0 unspecified atom stereocenters. The van der Waals surface area contributed by atoms with E-state index >= 15 is 0 Å². The van der Waals surface area contributed by atoms with E-state index in [4.69, 9.17) is 10.8 Å². The molecule has 0 radical (unpaired) electrons. The molecular formula is C9H8BrF2NO2. The third-order valence-corrected chi connectivity index (χ3v) is 2.27. The summed E-state index contributed by atoms with van der Waals surface area (Å²) in [6.07, 6.45) is -0.518. The van der Waals surface area contributed by atoms with Gasteiger partial charge < -0.3 is 10.8 Å². The Morgan fingerprint density at radius 1 is 1.47 bits per heavy atom. The van der Waals surface area contributed by atoms with Gasteiger partial charge in [-0.05, 0) is 12.1 Å². The van der Waals surface area contributed by atoms with Gasteiger partial charge in [0.05, 0.1) is 6.42 Å². The lowest BCUT2D eigenvalue weighted by Gasteiger charge is -2.11. The van der Waals surface area contributed by atoms with Crippen LogP contribution in [0.3, 0.4) is 0 Å². The van der Waals surface area contributed by atoms with Crippen molar-refractivity contribution in [2.75, 3.05) is 0 Å². The van der Waals surface area contributed by atoms with Crippen molar-refractivity contribution in [1.29, 1.82) is 0 Å². The Morgan fingerprint density at radius 3 is 2.33 bits per heavy atom. The van der Waals surface area contributed by atoms with E-state index in [0.717, 1.165) is 12.1 Å². The van der Waals surface area contributed by atoms with E-state index in [9.17, 15) is 13.6 Å². The summed E-state index contributed by atoms with van der Waals surface area (Å²) in [5.74, 6) is -2.91. The molecule has 1 atom stereocenters. The molecule has 0 aromatic heterocycles. The molecule has 0 aliphatic heterocycles. The predicted octanol–water partition coefficient (Wildman–Crippen LogP) is 2.20. The summed E-state index contributed by atoms with van der Waals surface area (Å²) < 4.78 is 26.8. The van der Waals surface area contributed by atoms with E-state index in [2.05, 4.69) is 15.9 Å². The molecule has 6 heteroatoms. The number of carboxylic acids is 1. The molecular weight excluding hydrogens is 272 g/mol. The molecule has 0 fully saturated rings. The highest BCUT2D eigenvalue weighted by molar-refractivity contribution is 9.10. The van der Waals surface area contributed by atoms with Crippen molar-refractivity contribution in [2.45, 2.75) is 12.5 Å². The second-order valence-electron chi connectivity index (χ2n) is 2.99. The minimum Gasteiger partial charge on any atom is -0.481 e. The van der Waals surface area contributed by atoms with Gasteiger partial charge in [-0.25, -0.2) is 8.78 Å². The molecule has 3 nitrogen and oxygen atoms in total. The van der Waals surface area contributed by atoms with E-state index < -0.39 is 35.6 Å². The van der Waals surface area contributed by atoms with Crippen molar-refractivity contribution >= 4 is 21.9 Å². The number of rotatable bonds is 3. The van der Waals surface area contributed by atoms with Crippen LogP contribution in [0.4, 0.5) is 8.78 Å². The monoisotopic (exact) mass is 279 g/mol. The second-order valence-corrected chi connectivity index (χ2v) is 3.90. The Bertz CT molecular complexity index is 375. The average molecular weight is 280 g/mol. The fraction of sp³-hybridized carbons (Fsp3) is 0.222. The van der Waals surface area contributed by atoms with Crippen molar-refractivity contribution < 1.29 is 18.7 Å². The quantitative estimate of drug-likeness (QED) is 0.892. The van der Waals surface area contributed by atoms with Crippen LogP contribution in [0, 0.1) is 11.6 Å². The minimum atomic E-state index is -1.20. The van der Waals surface area contributed by atoms with Gasteiger partial charge in [-0.15, -0.1) is 0 Å². The highest BCUT2D eigenvalue weighted by Crippen LogP contribution is 2.25. The van der Waals surface area contributed by atoms with Crippen LogP contribution in [0.25, 0.3) is 0 Å². The number of carbonyl (C=O) groups is 1. The van der Waals surface area contributed by atoms with Crippen LogP contribution in [-0.2, 0) is 4.79 Å². The highest BCUT2D eigenvalue weighted by atomic mass is 79.9. The summed E-state index contributed by atoms with van der Waals surface area (Å²) in [6.45, 7) is 0. The standard InChI is InChI=1S/C9H8BrF2NO2/c10-4-1-5(11)9(6(12)2-4)7(13)3-8(14)15/h1-2,7H,3,13H2,(H,14,15)/t7-/m0/s1. The number of aliphatic carboxylic acids is 1. The summed E-state index contributed by atoms with van der Waals surface area (Å²) in [5.41, 5.74) is 4.97. The largest absolute Gasteiger partial charge is 0.481 e. The molecule has 0 bridgehead atoms. The molecule has 0 aliphatic carbocycles. The normalized spacial score (nSPS) is 12.5. The van der Waals surface area contributed by atoms with Crippen LogP contribution in [0.2, 0.25) is 0 Å². The molecule has 0 saturated carbocycles. The molecule has 82 valence electrons. The van der Waals surface area contributed by atoms with E-state index in [1.807, 2.05) is 0 Å². The van der Waals surface area contributed by atoms with E-state index in [-0.39, 0.29) is 4.47 Å². The number of hydrogen-bond donors (Lipinski definition) is 2. The number of carboxylic acid groups (broad SMARTS) is 1. The van der Waals surface area contributed by atoms with Gasteiger partial charge >= 0.3 is 5.97 Å². The first kappa shape index (κ1) is 12.1. The number of hydrogen-bond acceptors (Lipinski definition) is 2. The zero-order valence-electron chi connectivity index (χ0n) is 7.51. The molecule has 1 aromatic carbocycles. The van der Waals surface area contributed by atoms with Gasteiger partial charge in [-0.2, -0.15) is 0 Å². The van der Waals surface area contributed by atoms with E-state index in [1.54, 1.807) is 0 Å². The molecule has 15 heavy (non-hydrogen) atoms. The number of halogens is 3. The van der Waals surface area contributed by atoms with Crippen molar-refractivity contribution in [2.24, 2.45) is 5.73 Å². The maximum absolute atomic E-state index is 13.3. The highest BCUT2D eigenvalue weighted by Gasteiger charge is 2.19. The summed E-state index contributed by atoms with van der Waals surface area (Å²) in [4.78, 5) is 10.3. The summed E-state index contributed by atoms with van der Waals surface area (Å²) in [7, 11) is 0. The smallest absolute Gasteiger partial charge is 0.305 e. The Hall–Kier alpha value is -1.01. The lowest BCUT2D eigenvalue weighted by atomic mass is 10.0. The van der Waals surface area contributed by atoms with Crippen molar-refractivity contribution in [3.63, 3.8) is 0 Å².